The van der Waals surface area contributed by atoms with E-state index in [1.54, 1.807) is 0 Å². The van der Waals surface area contributed by atoms with Gasteiger partial charge >= 0.3 is 5.97 Å². The Morgan fingerprint density at radius 1 is 1.19 bits per heavy atom. The second-order valence-corrected chi connectivity index (χ2v) is 6.36. The second kappa shape index (κ2) is 7.75. The highest BCUT2D eigenvalue weighted by Crippen LogP contribution is 2.26. The molecule has 21 heavy (non-hydrogen) atoms. The third kappa shape index (κ3) is 4.97. The van der Waals surface area contributed by atoms with Crippen LogP contribution in [0.4, 0.5) is 0 Å². The number of hydrogen-bond donors (Lipinski definition) is 1. The number of likely N-dealkylation sites (N-methyl/N-ethyl adjacent to an activating group) is 1. The first kappa shape index (κ1) is 17.9. The highest BCUT2D eigenvalue weighted by molar-refractivity contribution is 5.85. The summed E-state index contributed by atoms with van der Waals surface area (Å²) in [7, 11) is 3.83. The molecule has 1 fully saturated rings. The van der Waals surface area contributed by atoms with Gasteiger partial charge in [-0.3, -0.25) is 14.5 Å². The smallest absolute Gasteiger partial charge is 0.323 e. The molecule has 1 heterocycles. The van der Waals surface area contributed by atoms with Crippen LogP contribution in [0, 0.1) is 0 Å². The van der Waals surface area contributed by atoms with Gasteiger partial charge in [0.15, 0.2) is 0 Å². The first-order valence-electron chi connectivity index (χ1n) is 7.66. The molecule has 122 valence electrons. The molecule has 0 aromatic rings. The van der Waals surface area contributed by atoms with Gasteiger partial charge in [0.2, 0.25) is 5.91 Å². The first-order chi connectivity index (χ1) is 9.73. The average molecular weight is 299 g/mol. The highest BCUT2D eigenvalue weighted by Gasteiger charge is 2.36. The molecule has 1 saturated heterocycles. The van der Waals surface area contributed by atoms with E-state index >= 15 is 0 Å². The quantitative estimate of drug-likeness (QED) is 0.750. The lowest BCUT2D eigenvalue weighted by Gasteiger charge is -2.35. The van der Waals surface area contributed by atoms with Crippen molar-refractivity contribution >= 4 is 11.9 Å². The Bertz CT molecular complexity index is 363. The van der Waals surface area contributed by atoms with Gasteiger partial charge in [0.1, 0.15) is 6.54 Å². The van der Waals surface area contributed by atoms with Gasteiger partial charge in [0.05, 0.1) is 6.04 Å². The van der Waals surface area contributed by atoms with Crippen LogP contribution in [0.2, 0.25) is 0 Å². The van der Waals surface area contributed by atoms with Crippen molar-refractivity contribution in [2.45, 2.75) is 51.7 Å². The van der Waals surface area contributed by atoms with Gasteiger partial charge in [0, 0.05) is 25.2 Å². The van der Waals surface area contributed by atoms with E-state index in [1.165, 1.54) is 4.90 Å². The van der Waals surface area contributed by atoms with E-state index in [0.29, 0.717) is 25.2 Å². The molecule has 3 atom stereocenters. The number of carboxylic acids is 1. The fourth-order valence-electron chi connectivity index (χ4n) is 3.12. The standard InChI is InChI=1S/C15H29N3O3/c1-11-6-7-12(2)18(11)13(3)15(21)17(10-14(19)20)9-8-16(4)5/h11-13H,6-10H2,1-5H3,(H,19,20). The summed E-state index contributed by atoms with van der Waals surface area (Å²) in [6.07, 6.45) is 2.19. The van der Waals surface area contributed by atoms with E-state index in [4.69, 9.17) is 5.11 Å². The molecule has 0 spiro atoms. The predicted molar refractivity (Wildman–Crippen MR) is 82.2 cm³/mol. The molecule has 1 rings (SSSR count). The van der Waals surface area contributed by atoms with Crippen molar-refractivity contribution in [3.63, 3.8) is 0 Å². The summed E-state index contributed by atoms with van der Waals surface area (Å²) in [5.41, 5.74) is 0. The Hall–Kier alpha value is -1.14. The van der Waals surface area contributed by atoms with Crippen molar-refractivity contribution < 1.29 is 14.7 Å². The molecule has 6 nitrogen and oxygen atoms in total. The first-order valence-corrected chi connectivity index (χ1v) is 7.66. The number of aliphatic carboxylic acids is 1. The maximum atomic E-state index is 12.7. The average Bonchev–Trinajstić information content (AvgIpc) is 2.72. The van der Waals surface area contributed by atoms with Gasteiger partial charge in [-0.1, -0.05) is 0 Å². The Morgan fingerprint density at radius 2 is 1.71 bits per heavy atom. The number of amides is 1. The fourth-order valence-corrected chi connectivity index (χ4v) is 3.12. The molecule has 1 amide bonds. The van der Waals surface area contributed by atoms with E-state index in [9.17, 15) is 9.59 Å². The van der Waals surface area contributed by atoms with E-state index in [2.05, 4.69) is 18.7 Å². The lowest BCUT2D eigenvalue weighted by Crippen LogP contribution is -2.52. The number of nitrogens with zero attached hydrogens (tertiary/aromatic N) is 3. The van der Waals surface area contributed by atoms with Crippen molar-refractivity contribution in [2.75, 3.05) is 33.7 Å². The molecule has 1 aliphatic heterocycles. The second-order valence-electron chi connectivity index (χ2n) is 6.36. The summed E-state index contributed by atoms with van der Waals surface area (Å²) in [6.45, 7) is 7.04. The third-order valence-corrected chi connectivity index (χ3v) is 4.28. The largest absolute Gasteiger partial charge is 0.480 e. The summed E-state index contributed by atoms with van der Waals surface area (Å²) in [5.74, 6) is -1.04. The number of likely N-dealkylation sites (tertiary alicyclic amines) is 1. The monoisotopic (exact) mass is 299 g/mol. The van der Waals surface area contributed by atoms with Crippen molar-refractivity contribution in [2.24, 2.45) is 0 Å². The minimum absolute atomic E-state index is 0.0835. The van der Waals surface area contributed by atoms with Crippen LogP contribution in [0.25, 0.3) is 0 Å². The molecule has 0 saturated carbocycles. The Kier molecular flexibility index (Phi) is 6.61. The van der Waals surface area contributed by atoms with Gasteiger partial charge < -0.3 is 14.9 Å². The lowest BCUT2D eigenvalue weighted by atomic mass is 10.2. The highest BCUT2D eigenvalue weighted by atomic mass is 16.4. The summed E-state index contributed by atoms with van der Waals surface area (Å²) in [5, 5.41) is 9.03. The molecular formula is C15H29N3O3. The Labute approximate surface area is 127 Å². The topological polar surface area (TPSA) is 64.1 Å². The predicted octanol–water partition coefficient (Wildman–Crippen LogP) is 0.723. The normalized spacial score (nSPS) is 24.3. The van der Waals surface area contributed by atoms with E-state index < -0.39 is 5.97 Å². The van der Waals surface area contributed by atoms with E-state index in [0.717, 1.165) is 12.8 Å². The van der Waals surface area contributed by atoms with E-state index in [-0.39, 0.29) is 18.5 Å². The van der Waals surface area contributed by atoms with Gasteiger partial charge in [-0.2, -0.15) is 0 Å². The third-order valence-electron chi connectivity index (χ3n) is 4.28. The van der Waals surface area contributed by atoms with E-state index in [1.807, 2.05) is 25.9 Å². The van der Waals surface area contributed by atoms with Gasteiger partial charge in [-0.05, 0) is 47.7 Å². The maximum absolute atomic E-state index is 12.7. The van der Waals surface area contributed by atoms with Gasteiger partial charge in [0.25, 0.3) is 0 Å². The molecular weight excluding hydrogens is 270 g/mol. The summed E-state index contributed by atoms with van der Waals surface area (Å²) in [6, 6.07) is 0.484. The van der Waals surface area contributed by atoms with Crippen LogP contribution in [0.5, 0.6) is 0 Å². The minimum atomic E-state index is -0.961. The zero-order valence-electron chi connectivity index (χ0n) is 13.9. The molecule has 0 radical (unpaired) electrons. The van der Waals surface area contributed by atoms with Crippen LogP contribution < -0.4 is 0 Å². The molecule has 1 N–H and O–H groups in total. The Balaban J connectivity index is 2.75. The Morgan fingerprint density at radius 3 is 2.14 bits per heavy atom. The summed E-state index contributed by atoms with van der Waals surface area (Å²) < 4.78 is 0. The van der Waals surface area contributed by atoms with Gasteiger partial charge in [-0.15, -0.1) is 0 Å². The van der Waals surface area contributed by atoms with Crippen LogP contribution in [0.3, 0.4) is 0 Å². The summed E-state index contributed by atoms with van der Waals surface area (Å²) >= 11 is 0. The number of hydrogen-bond acceptors (Lipinski definition) is 4. The minimum Gasteiger partial charge on any atom is -0.480 e. The maximum Gasteiger partial charge on any atom is 0.323 e. The molecule has 1 aliphatic rings. The number of rotatable bonds is 7. The molecule has 3 unspecified atom stereocenters. The zero-order valence-corrected chi connectivity index (χ0v) is 13.9. The van der Waals surface area contributed by atoms with Crippen molar-refractivity contribution in [1.29, 1.82) is 0 Å². The van der Waals surface area contributed by atoms with Crippen molar-refractivity contribution in [3.8, 4) is 0 Å². The number of carbonyl (C=O) groups excluding carboxylic acids is 1. The number of carboxylic acid groups (broad SMARTS) is 1. The van der Waals surface area contributed by atoms with Crippen LogP contribution in [-0.4, -0.2) is 83.5 Å². The molecule has 0 aromatic carbocycles. The zero-order chi connectivity index (χ0) is 16.2. The molecule has 0 aliphatic carbocycles. The van der Waals surface area contributed by atoms with Crippen molar-refractivity contribution in [1.82, 2.24) is 14.7 Å². The van der Waals surface area contributed by atoms with Crippen LogP contribution in [-0.2, 0) is 9.59 Å². The fraction of sp³-hybridized carbons (Fsp3) is 0.867. The molecule has 6 heteroatoms. The SMILES string of the molecule is CC1CCC(C)N1C(C)C(=O)N(CCN(C)C)CC(=O)O. The van der Waals surface area contributed by atoms with Crippen molar-refractivity contribution in [3.05, 3.63) is 0 Å². The van der Waals surface area contributed by atoms with Crippen LogP contribution >= 0.6 is 0 Å². The number of carbonyl (C=O) groups is 2. The molecule has 0 bridgehead atoms. The summed E-state index contributed by atoms with van der Waals surface area (Å²) in [4.78, 5) is 29.3. The van der Waals surface area contributed by atoms with Crippen LogP contribution in [0.1, 0.15) is 33.6 Å². The lowest BCUT2D eigenvalue weighted by molar-refractivity contribution is -0.147. The van der Waals surface area contributed by atoms with Crippen LogP contribution in [0.15, 0.2) is 0 Å². The molecule has 0 aromatic heterocycles. The van der Waals surface area contributed by atoms with Gasteiger partial charge in [-0.25, -0.2) is 0 Å².